The summed E-state index contributed by atoms with van der Waals surface area (Å²) in [4.78, 5) is 11.1. The van der Waals surface area contributed by atoms with Crippen LogP contribution in [0.25, 0.3) is 0 Å². The Morgan fingerprint density at radius 1 is 1.40 bits per heavy atom. The molecule has 1 saturated heterocycles. The van der Waals surface area contributed by atoms with E-state index >= 15 is 0 Å². The molecule has 0 unspecified atom stereocenters. The molecule has 0 atom stereocenters. The molecule has 2 heteroatoms. The minimum absolute atomic E-state index is 0.0851. The fraction of sp³-hybridized carbons (Fsp3) is 0.875. The van der Waals surface area contributed by atoms with Crippen LogP contribution in [-0.2, 0) is 9.53 Å². The molecule has 10 heavy (non-hydrogen) atoms. The molecule has 1 fully saturated rings. The average Bonchev–Trinajstić information content (AvgIpc) is 1.89. The van der Waals surface area contributed by atoms with Gasteiger partial charge in [-0.1, -0.05) is 6.92 Å². The van der Waals surface area contributed by atoms with E-state index in [2.05, 4.69) is 0 Å². The SMILES string of the molecule is CC(=O)C1(C)CCOCC1. The van der Waals surface area contributed by atoms with E-state index in [-0.39, 0.29) is 5.41 Å². The van der Waals surface area contributed by atoms with Crippen LogP contribution in [0.15, 0.2) is 0 Å². The first-order valence-electron chi connectivity index (χ1n) is 3.74. The van der Waals surface area contributed by atoms with Gasteiger partial charge in [0.25, 0.3) is 0 Å². The molecule has 0 spiro atoms. The van der Waals surface area contributed by atoms with E-state index in [9.17, 15) is 4.79 Å². The van der Waals surface area contributed by atoms with E-state index < -0.39 is 0 Å². The van der Waals surface area contributed by atoms with Gasteiger partial charge in [0, 0.05) is 18.6 Å². The summed E-state index contributed by atoms with van der Waals surface area (Å²) < 4.78 is 5.16. The van der Waals surface area contributed by atoms with E-state index in [1.54, 1.807) is 6.92 Å². The summed E-state index contributed by atoms with van der Waals surface area (Å²) in [7, 11) is 0. The summed E-state index contributed by atoms with van der Waals surface area (Å²) in [6, 6.07) is 0. The minimum Gasteiger partial charge on any atom is -0.381 e. The minimum atomic E-state index is -0.0851. The first-order valence-corrected chi connectivity index (χ1v) is 3.74. The van der Waals surface area contributed by atoms with Gasteiger partial charge >= 0.3 is 0 Å². The summed E-state index contributed by atoms with van der Waals surface area (Å²) in [5, 5.41) is 0. The van der Waals surface area contributed by atoms with E-state index in [0.717, 1.165) is 26.1 Å². The van der Waals surface area contributed by atoms with Gasteiger partial charge in [-0.05, 0) is 19.8 Å². The van der Waals surface area contributed by atoms with Gasteiger partial charge in [-0.3, -0.25) is 4.79 Å². The molecule has 1 aliphatic rings. The molecule has 2 nitrogen and oxygen atoms in total. The highest BCUT2D eigenvalue weighted by atomic mass is 16.5. The number of ether oxygens (including phenoxy) is 1. The van der Waals surface area contributed by atoms with Gasteiger partial charge in [-0.2, -0.15) is 0 Å². The zero-order valence-corrected chi connectivity index (χ0v) is 6.64. The predicted molar refractivity (Wildman–Crippen MR) is 38.8 cm³/mol. The number of hydrogen-bond acceptors (Lipinski definition) is 2. The molecule has 0 aromatic carbocycles. The Bertz CT molecular complexity index is 134. The Balaban J connectivity index is 2.56. The van der Waals surface area contributed by atoms with E-state index in [0.29, 0.717) is 5.78 Å². The Hall–Kier alpha value is -0.370. The third-order valence-corrected chi connectivity index (χ3v) is 2.45. The van der Waals surface area contributed by atoms with E-state index in [1.165, 1.54) is 0 Å². The van der Waals surface area contributed by atoms with Crippen molar-refractivity contribution in [2.75, 3.05) is 13.2 Å². The number of hydrogen-bond donors (Lipinski definition) is 0. The smallest absolute Gasteiger partial charge is 0.135 e. The molecule has 0 aromatic heterocycles. The summed E-state index contributed by atoms with van der Waals surface area (Å²) in [6.07, 6.45) is 1.78. The molecule has 0 saturated carbocycles. The molecule has 1 rings (SSSR count). The summed E-state index contributed by atoms with van der Waals surface area (Å²) in [5.74, 6) is 0.302. The van der Waals surface area contributed by atoms with Crippen LogP contribution < -0.4 is 0 Å². The highest BCUT2D eigenvalue weighted by Crippen LogP contribution is 2.30. The molecule has 0 radical (unpaired) electrons. The van der Waals surface area contributed by atoms with Crippen molar-refractivity contribution < 1.29 is 9.53 Å². The summed E-state index contributed by atoms with van der Waals surface area (Å²) >= 11 is 0. The van der Waals surface area contributed by atoms with Gasteiger partial charge in [-0.25, -0.2) is 0 Å². The van der Waals surface area contributed by atoms with Crippen LogP contribution in [0.1, 0.15) is 26.7 Å². The number of carbonyl (C=O) groups is 1. The van der Waals surface area contributed by atoms with Crippen LogP contribution in [-0.4, -0.2) is 19.0 Å². The number of carbonyl (C=O) groups excluding carboxylic acids is 1. The van der Waals surface area contributed by atoms with Crippen molar-refractivity contribution in [3.05, 3.63) is 0 Å². The Morgan fingerprint density at radius 2 is 1.90 bits per heavy atom. The van der Waals surface area contributed by atoms with Crippen molar-refractivity contribution in [1.29, 1.82) is 0 Å². The fourth-order valence-electron chi connectivity index (χ4n) is 1.17. The zero-order valence-electron chi connectivity index (χ0n) is 6.64. The third-order valence-electron chi connectivity index (χ3n) is 2.45. The second kappa shape index (κ2) is 2.70. The number of rotatable bonds is 1. The van der Waals surface area contributed by atoms with Crippen molar-refractivity contribution in [3.8, 4) is 0 Å². The van der Waals surface area contributed by atoms with E-state index in [4.69, 9.17) is 4.74 Å². The van der Waals surface area contributed by atoms with E-state index in [1.807, 2.05) is 6.92 Å². The van der Waals surface area contributed by atoms with Crippen molar-refractivity contribution in [3.63, 3.8) is 0 Å². The van der Waals surface area contributed by atoms with Crippen LogP contribution in [0.2, 0.25) is 0 Å². The third kappa shape index (κ3) is 1.37. The lowest BCUT2D eigenvalue weighted by Gasteiger charge is -2.30. The number of ketones is 1. The maximum Gasteiger partial charge on any atom is 0.135 e. The Kier molecular flexibility index (Phi) is 2.09. The molecular weight excluding hydrogens is 128 g/mol. The fourth-order valence-corrected chi connectivity index (χ4v) is 1.17. The molecule has 0 N–H and O–H groups in total. The van der Waals surface area contributed by atoms with Crippen LogP contribution in [0.3, 0.4) is 0 Å². The van der Waals surface area contributed by atoms with Gasteiger partial charge in [-0.15, -0.1) is 0 Å². The lowest BCUT2D eigenvalue weighted by molar-refractivity contribution is -0.130. The Labute approximate surface area is 61.6 Å². The first kappa shape index (κ1) is 7.73. The lowest BCUT2D eigenvalue weighted by atomic mass is 9.79. The Morgan fingerprint density at radius 3 is 2.20 bits per heavy atom. The van der Waals surface area contributed by atoms with Crippen molar-refractivity contribution in [2.24, 2.45) is 5.41 Å². The molecule has 0 bridgehead atoms. The summed E-state index contributed by atoms with van der Waals surface area (Å²) in [5.41, 5.74) is -0.0851. The monoisotopic (exact) mass is 142 g/mol. The molecule has 1 heterocycles. The molecule has 0 aromatic rings. The summed E-state index contributed by atoms with van der Waals surface area (Å²) in [6.45, 7) is 5.19. The van der Waals surface area contributed by atoms with Crippen LogP contribution in [0.4, 0.5) is 0 Å². The largest absolute Gasteiger partial charge is 0.381 e. The van der Waals surface area contributed by atoms with Crippen LogP contribution in [0, 0.1) is 5.41 Å². The lowest BCUT2D eigenvalue weighted by Crippen LogP contribution is -2.32. The zero-order chi connectivity index (χ0) is 7.61. The van der Waals surface area contributed by atoms with Gasteiger partial charge in [0.15, 0.2) is 0 Å². The molecule has 0 amide bonds. The van der Waals surface area contributed by atoms with Gasteiger partial charge in [0.2, 0.25) is 0 Å². The van der Waals surface area contributed by atoms with Crippen molar-refractivity contribution in [2.45, 2.75) is 26.7 Å². The highest BCUT2D eigenvalue weighted by Gasteiger charge is 2.31. The van der Waals surface area contributed by atoms with Crippen molar-refractivity contribution >= 4 is 5.78 Å². The molecular formula is C8H14O2. The number of Topliss-reactive ketones (excluding diaryl/α,β-unsaturated/α-hetero) is 1. The van der Waals surface area contributed by atoms with Crippen LogP contribution >= 0.6 is 0 Å². The normalized spacial score (nSPS) is 24.2. The van der Waals surface area contributed by atoms with Crippen LogP contribution in [0.5, 0.6) is 0 Å². The second-order valence-corrected chi connectivity index (χ2v) is 3.23. The molecule has 0 aliphatic carbocycles. The topological polar surface area (TPSA) is 26.3 Å². The highest BCUT2D eigenvalue weighted by molar-refractivity contribution is 5.81. The second-order valence-electron chi connectivity index (χ2n) is 3.23. The maximum absolute atomic E-state index is 11.1. The maximum atomic E-state index is 11.1. The standard InChI is InChI=1S/C8H14O2/c1-7(9)8(2)3-5-10-6-4-8/h3-6H2,1-2H3. The van der Waals surface area contributed by atoms with Gasteiger partial charge in [0.05, 0.1) is 0 Å². The van der Waals surface area contributed by atoms with Gasteiger partial charge in [0.1, 0.15) is 5.78 Å². The first-order chi connectivity index (χ1) is 4.65. The quantitative estimate of drug-likeness (QED) is 0.553. The average molecular weight is 142 g/mol. The van der Waals surface area contributed by atoms with Crippen molar-refractivity contribution in [1.82, 2.24) is 0 Å². The van der Waals surface area contributed by atoms with Gasteiger partial charge < -0.3 is 4.74 Å². The predicted octanol–water partition coefficient (Wildman–Crippen LogP) is 1.39. The molecule has 58 valence electrons. The molecule has 1 aliphatic heterocycles.